The second kappa shape index (κ2) is 9.37. The van der Waals surface area contributed by atoms with Crippen LogP contribution in [0.2, 0.25) is 0 Å². The first-order valence-corrected chi connectivity index (χ1v) is 10.5. The van der Waals surface area contributed by atoms with Gasteiger partial charge in [-0.05, 0) is 40.5 Å². The molecule has 0 radical (unpaired) electrons. The number of rotatable bonds is 6. The maximum absolute atomic E-state index is 13.3. The fraction of sp³-hybridized carbons (Fsp3) is 0.320. The number of hydrogen-bond donors (Lipinski definition) is 0. The molecule has 4 rings (SSSR count). The van der Waals surface area contributed by atoms with E-state index in [-0.39, 0.29) is 5.91 Å². The third-order valence-electron chi connectivity index (χ3n) is 5.63. The van der Waals surface area contributed by atoms with Gasteiger partial charge in [0.1, 0.15) is 0 Å². The zero-order valence-corrected chi connectivity index (χ0v) is 18.1. The number of carbonyl (C=O) groups is 1. The molecule has 0 saturated carbocycles. The van der Waals surface area contributed by atoms with Crippen LogP contribution < -0.4 is 0 Å². The highest BCUT2D eigenvalue weighted by Crippen LogP contribution is 2.28. The number of carbonyl (C=O) groups excluding carboxylic acids is 1. The van der Waals surface area contributed by atoms with Crippen LogP contribution in [0, 0.1) is 0 Å². The van der Waals surface area contributed by atoms with Gasteiger partial charge in [0, 0.05) is 64.9 Å². The van der Waals surface area contributed by atoms with Crippen LogP contribution >= 0.6 is 0 Å². The Kier molecular flexibility index (Phi) is 6.39. The molecule has 0 aliphatic carbocycles. The third kappa shape index (κ3) is 4.98. The summed E-state index contributed by atoms with van der Waals surface area (Å²) in [6.45, 7) is 2.63. The summed E-state index contributed by atoms with van der Waals surface area (Å²) >= 11 is 0. The zero-order chi connectivity index (χ0) is 21.7. The van der Waals surface area contributed by atoms with Crippen LogP contribution in [0.3, 0.4) is 0 Å². The molecule has 1 aliphatic rings. The second-order valence-electron chi connectivity index (χ2n) is 8.23. The zero-order valence-electron chi connectivity index (χ0n) is 18.1. The van der Waals surface area contributed by atoms with Crippen LogP contribution in [-0.4, -0.2) is 65.1 Å². The molecule has 1 saturated heterocycles. The molecule has 0 N–H and O–H groups in total. The number of hydrogen-bond acceptors (Lipinski definition) is 5. The minimum Gasteiger partial charge on any atom is -0.362 e. The van der Waals surface area contributed by atoms with Gasteiger partial charge in [0.05, 0.1) is 6.61 Å². The van der Waals surface area contributed by atoms with Gasteiger partial charge in [0.25, 0.3) is 5.91 Å². The van der Waals surface area contributed by atoms with E-state index in [0.717, 1.165) is 29.8 Å². The van der Waals surface area contributed by atoms with Crippen molar-refractivity contribution < 1.29 is 9.53 Å². The van der Waals surface area contributed by atoms with Gasteiger partial charge in [0.15, 0.2) is 5.60 Å². The number of ether oxygens (including phenoxy) is 1. The monoisotopic (exact) mass is 416 g/mol. The Balaban J connectivity index is 1.60. The Labute approximate surface area is 183 Å². The predicted octanol–water partition coefficient (Wildman–Crippen LogP) is 3.05. The first-order valence-electron chi connectivity index (χ1n) is 10.5. The van der Waals surface area contributed by atoms with E-state index in [2.05, 4.69) is 33.1 Å². The van der Waals surface area contributed by atoms with Crippen molar-refractivity contribution in [2.45, 2.75) is 18.6 Å². The quantitative estimate of drug-likeness (QED) is 0.618. The molecule has 1 aromatic carbocycles. The van der Waals surface area contributed by atoms with Gasteiger partial charge in [-0.15, -0.1) is 0 Å². The van der Waals surface area contributed by atoms with E-state index in [1.165, 1.54) is 5.56 Å². The molecule has 1 fully saturated rings. The lowest BCUT2D eigenvalue weighted by Gasteiger charge is -2.43. The first kappa shape index (κ1) is 21.2. The molecule has 0 bridgehead atoms. The van der Waals surface area contributed by atoms with Crippen molar-refractivity contribution in [1.29, 1.82) is 0 Å². The van der Waals surface area contributed by atoms with Gasteiger partial charge in [0.2, 0.25) is 0 Å². The molecule has 2 aromatic heterocycles. The average Bonchev–Trinajstić information content (AvgIpc) is 2.80. The Morgan fingerprint density at radius 3 is 2.58 bits per heavy atom. The molecular formula is C25H28N4O2. The van der Waals surface area contributed by atoms with Crippen LogP contribution in [0.5, 0.6) is 0 Å². The van der Waals surface area contributed by atoms with Gasteiger partial charge >= 0.3 is 0 Å². The van der Waals surface area contributed by atoms with Crippen molar-refractivity contribution in [3.8, 4) is 11.1 Å². The van der Waals surface area contributed by atoms with Crippen molar-refractivity contribution in [3.63, 3.8) is 0 Å². The Hall–Kier alpha value is -3.09. The van der Waals surface area contributed by atoms with Crippen LogP contribution in [0.1, 0.15) is 11.1 Å². The van der Waals surface area contributed by atoms with Crippen molar-refractivity contribution in [1.82, 2.24) is 19.8 Å². The van der Waals surface area contributed by atoms with E-state index in [0.29, 0.717) is 19.6 Å². The second-order valence-corrected chi connectivity index (χ2v) is 8.23. The lowest BCUT2D eigenvalue weighted by atomic mass is 9.89. The summed E-state index contributed by atoms with van der Waals surface area (Å²) in [7, 11) is 3.59. The smallest absolute Gasteiger partial charge is 0.255 e. The number of likely N-dealkylation sites (N-methyl/N-ethyl adjacent to an activating group) is 1. The first-order chi connectivity index (χ1) is 15.1. The van der Waals surface area contributed by atoms with Crippen molar-refractivity contribution in [3.05, 3.63) is 84.4 Å². The third-order valence-corrected chi connectivity index (χ3v) is 5.63. The summed E-state index contributed by atoms with van der Waals surface area (Å²) < 4.78 is 6.25. The van der Waals surface area contributed by atoms with Gasteiger partial charge in [-0.2, -0.15) is 0 Å². The van der Waals surface area contributed by atoms with E-state index in [1.807, 2.05) is 36.5 Å². The molecule has 6 heteroatoms. The molecule has 3 aromatic rings. The number of aromatic nitrogens is 2. The average molecular weight is 417 g/mol. The molecule has 3 heterocycles. The maximum atomic E-state index is 13.3. The molecule has 31 heavy (non-hydrogen) atoms. The lowest BCUT2D eigenvalue weighted by molar-refractivity contribution is -0.169. The molecule has 1 aliphatic heterocycles. The Bertz CT molecular complexity index is 1010. The summed E-state index contributed by atoms with van der Waals surface area (Å²) in [6, 6.07) is 16.3. The fourth-order valence-corrected chi connectivity index (χ4v) is 4.18. The van der Waals surface area contributed by atoms with Gasteiger partial charge in [-0.3, -0.25) is 19.7 Å². The summed E-state index contributed by atoms with van der Waals surface area (Å²) in [4.78, 5) is 25.6. The Morgan fingerprint density at radius 1 is 1.03 bits per heavy atom. The minimum atomic E-state index is -0.914. The van der Waals surface area contributed by atoms with E-state index in [1.54, 1.807) is 37.6 Å². The van der Waals surface area contributed by atoms with Crippen LogP contribution in [0.15, 0.2) is 73.3 Å². The van der Waals surface area contributed by atoms with Crippen molar-refractivity contribution >= 4 is 5.91 Å². The number of nitrogens with zero attached hydrogens (tertiary/aromatic N) is 4. The van der Waals surface area contributed by atoms with Crippen LogP contribution in [-0.2, 0) is 22.5 Å². The largest absolute Gasteiger partial charge is 0.362 e. The number of pyridine rings is 2. The highest BCUT2D eigenvalue weighted by molar-refractivity contribution is 5.86. The summed E-state index contributed by atoms with van der Waals surface area (Å²) in [5, 5.41) is 0. The van der Waals surface area contributed by atoms with Crippen molar-refractivity contribution in [2.75, 3.05) is 33.8 Å². The normalized spacial score (nSPS) is 19.2. The Morgan fingerprint density at radius 2 is 1.84 bits per heavy atom. The SMILES string of the molecule is CN(C)C(=O)[C@@]1(Cc2cccc(-c3cccnc3)c2)CN(Cc2ccncc2)CCO1. The molecular weight excluding hydrogens is 388 g/mol. The maximum Gasteiger partial charge on any atom is 0.255 e. The standard InChI is InChI=1S/C25H28N4O2/c1-28(2)24(30)25(19-29(13-14-31-25)18-20-8-11-26-12-9-20)16-21-5-3-6-22(15-21)23-7-4-10-27-17-23/h3-12,15,17H,13-14,16,18-19H2,1-2H3/t25-/m1/s1. The van der Waals surface area contributed by atoms with Gasteiger partial charge in [-0.25, -0.2) is 0 Å². The van der Waals surface area contributed by atoms with Crippen molar-refractivity contribution in [2.24, 2.45) is 0 Å². The number of amides is 1. The predicted molar refractivity (Wildman–Crippen MR) is 120 cm³/mol. The molecule has 0 spiro atoms. The molecule has 1 atom stereocenters. The lowest BCUT2D eigenvalue weighted by Crippen LogP contribution is -2.60. The molecule has 1 amide bonds. The number of benzene rings is 1. The fourth-order valence-electron chi connectivity index (χ4n) is 4.18. The van der Waals surface area contributed by atoms with Gasteiger partial charge < -0.3 is 9.64 Å². The molecule has 6 nitrogen and oxygen atoms in total. The van der Waals surface area contributed by atoms with Crippen LogP contribution in [0.4, 0.5) is 0 Å². The van der Waals surface area contributed by atoms with Gasteiger partial charge in [-0.1, -0.05) is 30.3 Å². The van der Waals surface area contributed by atoms with E-state index in [4.69, 9.17) is 4.74 Å². The minimum absolute atomic E-state index is 0.00120. The van der Waals surface area contributed by atoms with E-state index < -0.39 is 5.60 Å². The molecule has 160 valence electrons. The topological polar surface area (TPSA) is 58.6 Å². The summed E-state index contributed by atoms with van der Waals surface area (Å²) in [5.74, 6) is -0.00120. The summed E-state index contributed by atoms with van der Waals surface area (Å²) in [5.41, 5.74) is 3.48. The number of morpholine rings is 1. The highest BCUT2D eigenvalue weighted by Gasteiger charge is 2.44. The van der Waals surface area contributed by atoms with Crippen LogP contribution in [0.25, 0.3) is 11.1 Å². The summed E-state index contributed by atoms with van der Waals surface area (Å²) in [6.07, 6.45) is 7.75. The highest BCUT2D eigenvalue weighted by atomic mass is 16.5. The van der Waals surface area contributed by atoms with E-state index in [9.17, 15) is 4.79 Å². The molecule has 0 unspecified atom stereocenters. The van der Waals surface area contributed by atoms with E-state index >= 15 is 0 Å².